The lowest BCUT2D eigenvalue weighted by Crippen LogP contribution is -2.30. The minimum absolute atomic E-state index is 0.0676. The van der Waals surface area contributed by atoms with Crippen molar-refractivity contribution in [3.8, 4) is 0 Å². The van der Waals surface area contributed by atoms with Crippen molar-refractivity contribution < 1.29 is 28.6 Å². The van der Waals surface area contributed by atoms with E-state index in [1.54, 1.807) is 0 Å². The van der Waals surface area contributed by atoms with E-state index in [1.807, 2.05) is 0 Å². The van der Waals surface area contributed by atoms with E-state index >= 15 is 0 Å². The monoisotopic (exact) mass is 1170 g/mol. The Morgan fingerprint density at radius 2 is 0.398 bits per heavy atom. The Hall–Kier alpha value is -2.11. The predicted molar refractivity (Wildman–Crippen MR) is 363 cm³/mol. The molecule has 0 heterocycles. The van der Waals surface area contributed by atoms with Crippen LogP contribution in [-0.4, -0.2) is 37.2 Å². The molecule has 0 fully saturated rings. The highest BCUT2D eigenvalue weighted by Crippen LogP contribution is 2.19. The highest BCUT2D eigenvalue weighted by molar-refractivity contribution is 5.71. The quantitative estimate of drug-likeness (QED) is 0.0261. The molecule has 0 saturated heterocycles. The summed E-state index contributed by atoms with van der Waals surface area (Å²) in [6, 6.07) is 0. The van der Waals surface area contributed by atoms with Crippen LogP contribution in [0.1, 0.15) is 432 Å². The maximum Gasteiger partial charge on any atom is 0.306 e. The van der Waals surface area contributed by atoms with Gasteiger partial charge in [-0.15, -0.1) is 0 Å². The second-order valence-electron chi connectivity index (χ2n) is 25.9. The van der Waals surface area contributed by atoms with Crippen LogP contribution in [0.4, 0.5) is 0 Å². The van der Waals surface area contributed by atoms with Crippen molar-refractivity contribution in [1.29, 1.82) is 0 Å². The highest BCUT2D eigenvalue weighted by atomic mass is 16.6. The fraction of sp³-hybridized carbons (Fsp3) is 0.909. The van der Waals surface area contributed by atoms with E-state index in [1.165, 1.54) is 334 Å². The van der Waals surface area contributed by atoms with Gasteiger partial charge in [-0.25, -0.2) is 0 Å². The summed E-state index contributed by atoms with van der Waals surface area (Å²) in [6.07, 6.45) is 89.4. The lowest BCUT2D eigenvalue weighted by molar-refractivity contribution is -0.167. The average Bonchev–Trinajstić information content (AvgIpc) is 3.50. The van der Waals surface area contributed by atoms with Crippen molar-refractivity contribution in [1.82, 2.24) is 0 Å². The van der Waals surface area contributed by atoms with Crippen LogP contribution in [0.5, 0.6) is 0 Å². The summed E-state index contributed by atoms with van der Waals surface area (Å²) >= 11 is 0. The van der Waals surface area contributed by atoms with Crippen molar-refractivity contribution >= 4 is 17.9 Å². The second kappa shape index (κ2) is 72.4. The summed E-state index contributed by atoms with van der Waals surface area (Å²) in [7, 11) is 0. The molecule has 83 heavy (non-hydrogen) atoms. The molecule has 0 aromatic carbocycles. The zero-order valence-corrected chi connectivity index (χ0v) is 56.5. The summed E-state index contributed by atoms with van der Waals surface area (Å²) in [5, 5.41) is 0. The molecule has 490 valence electrons. The fourth-order valence-electron chi connectivity index (χ4n) is 11.7. The van der Waals surface area contributed by atoms with E-state index in [9.17, 15) is 14.4 Å². The molecule has 0 aliphatic carbocycles. The first-order valence-electron chi connectivity index (χ1n) is 37.8. The van der Waals surface area contributed by atoms with Gasteiger partial charge in [-0.2, -0.15) is 0 Å². The van der Waals surface area contributed by atoms with Crippen LogP contribution in [0.3, 0.4) is 0 Å². The standard InChI is InChI=1S/C77H146O6/c1-4-7-10-13-16-19-22-25-28-31-33-35-36-37-38-39-40-42-43-46-49-52-55-58-61-64-67-70-76(79)82-73-74(72-81-75(78)69-66-63-60-57-54-51-48-45-30-27-24-21-18-15-12-9-6-3)83-77(80)71-68-65-62-59-56-53-50-47-44-41-34-32-29-26-23-20-17-14-11-8-5-2/h27,30,32,34,74H,4-26,28-29,31,33,35-73H2,1-3H3/b30-27-,34-32-. The smallest absolute Gasteiger partial charge is 0.306 e. The molecule has 0 aromatic rings. The van der Waals surface area contributed by atoms with Gasteiger partial charge in [0.1, 0.15) is 13.2 Å². The van der Waals surface area contributed by atoms with Gasteiger partial charge in [0.15, 0.2) is 6.10 Å². The number of hydrogen-bond acceptors (Lipinski definition) is 6. The first-order valence-corrected chi connectivity index (χ1v) is 37.8. The van der Waals surface area contributed by atoms with Gasteiger partial charge in [-0.3, -0.25) is 14.4 Å². The minimum Gasteiger partial charge on any atom is -0.462 e. The Balaban J connectivity index is 4.25. The van der Waals surface area contributed by atoms with Gasteiger partial charge in [0.05, 0.1) is 0 Å². The molecular formula is C77H146O6. The van der Waals surface area contributed by atoms with Crippen LogP contribution >= 0.6 is 0 Å². The Bertz CT molecular complexity index is 1340. The van der Waals surface area contributed by atoms with Gasteiger partial charge in [0, 0.05) is 19.3 Å². The molecule has 6 heteroatoms. The zero-order chi connectivity index (χ0) is 59.9. The summed E-state index contributed by atoms with van der Waals surface area (Å²) in [4.78, 5) is 38.5. The highest BCUT2D eigenvalue weighted by Gasteiger charge is 2.20. The first kappa shape index (κ1) is 80.9. The lowest BCUT2D eigenvalue weighted by Gasteiger charge is -2.18. The van der Waals surface area contributed by atoms with E-state index < -0.39 is 6.10 Å². The second-order valence-corrected chi connectivity index (χ2v) is 25.9. The summed E-state index contributed by atoms with van der Waals surface area (Å²) in [5.74, 6) is -0.839. The molecule has 1 atom stereocenters. The van der Waals surface area contributed by atoms with Crippen LogP contribution in [0.25, 0.3) is 0 Å². The third kappa shape index (κ3) is 70.5. The molecule has 0 aliphatic rings. The van der Waals surface area contributed by atoms with E-state index in [-0.39, 0.29) is 31.1 Å². The molecular weight excluding hydrogens is 1020 g/mol. The number of carbonyl (C=O) groups excluding carboxylic acids is 3. The molecule has 0 radical (unpaired) electrons. The Morgan fingerprint density at radius 1 is 0.229 bits per heavy atom. The topological polar surface area (TPSA) is 78.9 Å². The number of unbranched alkanes of at least 4 members (excludes halogenated alkanes) is 56. The molecule has 0 spiro atoms. The van der Waals surface area contributed by atoms with Crippen molar-refractivity contribution in [3.05, 3.63) is 24.3 Å². The van der Waals surface area contributed by atoms with Gasteiger partial charge in [-0.1, -0.05) is 366 Å². The van der Waals surface area contributed by atoms with Crippen molar-refractivity contribution in [2.45, 2.75) is 438 Å². The molecule has 0 saturated carbocycles. The Labute approximate surface area is 519 Å². The van der Waals surface area contributed by atoms with Crippen molar-refractivity contribution in [2.75, 3.05) is 13.2 Å². The van der Waals surface area contributed by atoms with Crippen LogP contribution in [0.2, 0.25) is 0 Å². The molecule has 0 aliphatic heterocycles. The van der Waals surface area contributed by atoms with Gasteiger partial charge < -0.3 is 14.2 Å². The largest absolute Gasteiger partial charge is 0.462 e. The Morgan fingerprint density at radius 3 is 0.602 bits per heavy atom. The van der Waals surface area contributed by atoms with Crippen molar-refractivity contribution in [3.63, 3.8) is 0 Å². The molecule has 1 unspecified atom stereocenters. The van der Waals surface area contributed by atoms with Crippen LogP contribution in [-0.2, 0) is 28.6 Å². The lowest BCUT2D eigenvalue weighted by atomic mass is 10.0. The summed E-state index contributed by atoms with van der Waals surface area (Å²) in [6.45, 7) is 6.72. The number of esters is 3. The van der Waals surface area contributed by atoms with Gasteiger partial charge >= 0.3 is 17.9 Å². The zero-order valence-electron chi connectivity index (χ0n) is 56.5. The Kier molecular flexibility index (Phi) is 70.5. The molecule has 0 amide bonds. The van der Waals surface area contributed by atoms with E-state index in [0.717, 1.165) is 57.8 Å². The summed E-state index contributed by atoms with van der Waals surface area (Å²) in [5.41, 5.74) is 0. The SMILES string of the molecule is CCCCCCCC/C=C\CCCCCCCCCC(=O)OCC(COC(=O)CCCCCCCCCCCCCCCCCCCCCCCCCCCCC)OC(=O)CCCCCCCCCCC/C=C\CCCCCCCCCC. The van der Waals surface area contributed by atoms with Crippen LogP contribution in [0, 0.1) is 0 Å². The predicted octanol–water partition coefficient (Wildman–Crippen LogP) is 26.1. The van der Waals surface area contributed by atoms with Gasteiger partial charge in [-0.05, 0) is 70.6 Å². The third-order valence-electron chi connectivity index (χ3n) is 17.4. The minimum atomic E-state index is -0.773. The van der Waals surface area contributed by atoms with E-state index in [4.69, 9.17) is 14.2 Å². The number of carbonyl (C=O) groups is 3. The molecule has 0 aromatic heterocycles. The van der Waals surface area contributed by atoms with Crippen molar-refractivity contribution in [2.24, 2.45) is 0 Å². The van der Waals surface area contributed by atoms with E-state index in [0.29, 0.717) is 19.3 Å². The maximum absolute atomic E-state index is 13.0. The number of ether oxygens (including phenoxy) is 3. The maximum atomic E-state index is 13.0. The number of allylic oxidation sites excluding steroid dienone is 4. The fourth-order valence-corrected chi connectivity index (χ4v) is 11.7. The summed E-state index contributed by atoms with van der Waals surface area (Å²) < 4.78 is 17.0. The third-order valence-corrected chi connectivity index (χ3v) is 17.4. The molecule has 0 N–H and O–H groups in total. The number of hydrogen-bond donors (Lipinski definition) is 0. The van der Waals surface area contributed by atoms with Crippen LogP contribution in [0.15, 0.2) is 24.3 Å². The first-order chi connectivity index (χ1) is 41.0. The molecule has 0 bridgehead atoms. The van der Waals surface area contributed by atoms with Crippen LogP contribution < -0.4 is 0 Å². The molecule has 0 rings (SSSR count). The normalized spacial score (nSPS) is 12.1. The van der Waals surface area contributed by atoms with Gasteiger partial charge in [0.2, 0.25) is 0 Å². The number of rotatable bonds is 71. The van der Waals surface area contributed by atoms with E-state index in [2.05, 4.69) is 45.1 Å². The van der Waals surface area contributed by atoms with Gasteiger partial charge in [0.25, 0.3) is 0 Å². The average molecular weight is 1170 g/mol. The molecule has 6 nitrogen and oxygen atoms in total.